The zero-order valence-electron chi connectivity index (χ0n) is 17.4. The number of ether oxygens (including phenoxy) is 3. The smallest absolute Gasteiger partial charge is 0.338 e. The van der Waals surface area contributed by atoms with E-state index in [4.69, 9.17) is 26.4 Å². The van der Waals surface area contributed by atoms with Gasteiger partial charge in [0.15, 0.2) is 11.7 Å². The fraction of sp³-hybridized carbons (Fsp3) is 0.238. The highest BCUT2D eigenvalue weighted by atomic mass is 127. The Hall–Kier alpha value is -2.93. The molecule has 0 aliphatic rings. The Morgan fingerprint density at radius 2 is 1.72 bits per heavy atom. The molecule has 0 saturated carbocycles. The number of carbonyl (C=O) groups excluding carboxylic acids is 3. The summed E-state index contributed by atoms with van der Waals surface area (Å²) in [6.07, 6.45) is 0.740. The molecule has 0 aromatic heterocycles. The standard InChI is InChI=1S/C21H22IN3O6S/c1-3-10-30-20(28)13-4-7-15(8-5-13)31-12-18(26)24-25-21(32)23-19(27)14-6-9-17(29-2)16(22)11-14/h4-9,11H,3,10,12H2,1-2H3,(H,24,26)(H2,23,25,27,32). The van der Waals surface area contributed by atoms with E-state index < -0.39 is 17.8 Å². The number of hydrazine groups is 1. The number of amides is 2. The minimum atomic E-state index is -0.521. The molecule has 3 N–H and O–H groups in total. The number of carbonyl (C=O) groups is 3. The Balaban J connectivity index is 1.74. The van der Waals surface area contributed by atoms with Gasteiger partial charge in [-0.15, -0.1) is 0 Å². The maximum atomic E-state index is 12.2. The van der Waals surface area contributed by atoms with Gasteiger partial charge in [-0.05, 0) is 83.7 Å². The predicted octanol–water partition coefficient (Wildman–Crippen LogP) is 2.58. The SMILES string of the molecule is CCCOC(=O)c1ccc(OCC(=O)NNC(=S)NC(=O)c2ccc(OC)c(I)c2)cc1. The average Bonchev–Trinajstić information content (AvgIpc) is 2.80. The van der Waals surface area contributed by atoms with Crippen molar-refractivity contribution in [3.05, 3.63) is 57.2 Å². The highest BCUT2D eigenvalue weighted by Gasteiger charge is 2.12. The molecule has 0 unspecified atom stereocenters. The summed E-state index contributed by atoms with van der Waals surface area (Å²) >= 11 is 7.06. The van der Waals surface area contributed by atoms with Crippen LogP contribution < -0.4 is 25.6 Å². The van der Waals surface area contributed by atoms with Crippen molar-refractivity contribution in [3.8, 4) is 11.5 Å². The molecule has 2 rings (SSSR count). The number of benzene rings is 2. The van der Waals surface area contributed by atoms with E-state index in [9.17, 15) is 14.4 Å². The molecule has 0 heterocycles. The topological polar surface area (TPSA) is 115 Å². The van der Waals surface area contributed by atoms with Crippen LogP contribution in [0.5, 0.6) is 11.5 Å². The number of rotatable bonds is 8. The van der Waals surface area contributed by atoms with Crippen LogP contribution in [0.2, 0.25) is 0 Å². The van der Waals surface area contributed by atoms with Crippen molar-refractivity contribution in [2.45, 2.75) is 13.3 Å². The molecule has 170 valence electrons. The Bertz CT molecular complexity index is 984. The van der Waals surface area contributed by atoms with Crippen LogP contribution in [0.1, 0.15) is 34.1 Å². The van der Waals surface area contributed by atoms with Crippen LogP contribution in [0.25, 0.3) is 0 Å². The zero-order chi connectivity index (χ0) is 23.5. The molecule has 0 aliphatic carbocycles. The third-order valence-electron chi connectivity index (χ3n) is 3.85. The summed E-state index contributed by atoms with van der Waals surface area (Å²) in [6, 6.07) is 11.1. The molecule has 0 spiro atoms. The van der Waals surface area contributed by atoms with Crippen molar-refractivity contribution in [2.75, 3.05) is 20.3 Å². The molecule has 0 fully saturated rings. The summed E-state index contributed by atoms with van der Waals surface area (Å²) in [7, 11) is 1.54. The third kappa shape index (κ3) is 7.96. The Kier molecular flexibility index (Phi) is 10.1. The fourth-order valence-electron chi connectivity index (χ4n) is 2.29. The van der Waals surface area contributed by atoms with Gasteiger partial charge in [-0.25, -0.2) is 4.79 Å². The minimum absolute atomic E-state index is 0.0795. The summed E-state index contributed by atoms with van der Waals surface area (Å²) in [5.74, 6) is -0.322. The maximum Gasteiger partial charge on any atom is 0.338 e. The molecule has 11 heteroatoms. The number of hydrogen-bond donors (Lipinski definition) is 3. The second-order valence-corrected chi connectivity index (χ2v) is 7.83. The lowest BCUT2D eigenvalue weighted by Crippen LogP contribution is -2.49. The van der Waals surface area contributed by atoms with Gasteiger partial charge in [0.1, 0.15) is 11.5 Å². The van der Waals surface area contributed by atoms with Gasteiger partial charge in [-0.2, -0.15) is 0 Å². The summed E-state index contributed by atoms with van der Waals surface area (Å²) in [5.41, 5.74) is 5.54. The quantitative estimate of drug-likeness (QED) is 0.192. The van der Waals surface area contributed by atoms with Gasteiger partial charge in [-0.1, -0.05) is 6.92 Å². The highest BCUT2D eigenvalue weighted by Crippen LogP contribution is 2.21. The second-order valence-electron chi connectivity index (χ2n) is 6.25. The molecule has 2 aromatic rings. The van der Waals surface area contributed by atoms with Crippen molar-refractivity contribution in [1.82, 2.24) is 16.2 Å². The lowest BCUT2D eigenvalue weighted by molar-refractivity contribution is -0.123. The van der Waals surface area contributed by atoms with Crippen molar-refractivity contribution >= 4 is 57.7 Å². The molecule has 0 bridgehead atoms. The number of methoxy groups -OCH3 is 1. The van der Waals surface area contributed by atoms with Crippen LogP contribution in [0.3, 0.4) is 0 Å². The lowest BCUT2D eigenvalue weighted by atomic mass is 10.2. The lowest BCUT2D eigenvalue weighted by Gasteiger charge is -2.12. The average molecular weight is 571 g/mol. The summed E-state index contributed by atoms with van der Waals surface area (Å²) in [6.45, 7) is 1.96. The summed E-state index contributed by atoms with van der Waals surface area (Å²) in [4.78, 5) is 35.9. The van der Waals surface area contributed by atoms with Crippen molar-refractivity contribution in [1.29, 1.82) is 0 Å². The highest BCUT2D eigenvalue weighted by molar-refractivity contribution is 14.1. The molecular formula is C21H22IN3O6S. The summed E-state index contributed by atoms with van der Waals surface area (Å²) < 4.78 is 16.3. The first kappa shape index (κ1) is 25.3. The Morgan fingerprint density at radius 3 is 2.34 bits per heavy atom. The molecule has 0 aliphatic heterocycles. The van der Waals surface area contributed by atoms with E-state index in [2.05, 4.69) is 38.8 Å². The monoisotopic (exact) mass is 571 g/mol. The van der Waals surface area contributed by atoms with Gasteiger partial charge in [0.05, 0.1) is 22.9 Å². The van der Waals surface area contributed by atoms with Crippen LogP contribution in [0, 0.1) is 3.57 Å². The maximum absolute atomic E-state index is 12.2. The summed E-state index contributed by atoms with van der Waals surface area (Å²) in [5, 5.41) is 2.38. The first-order chi connectivity index (χ1) is 15.3. The normalized spacial score (nSPS) is 9.97. The number of esters is 1. The number of halogens is 1. The second kappa shape index (κ2) is 12.8. The largest absolute Gasteiger partial charge is 0.496 e. The molecule has 0 atom stereocenters. The van der Waals surface area contributed by atoms with Crippen LogP contribution in [0.15, 0.2) is 42.5 Å². The van der Waals surface area contributed by atoms with Gasteiger partial charge >= 0.3 is 5.97 Å². The van der Waals surface area contributed by atoms with E-state index in [-0.39, 0.29) is 11.7 Å². The molecule has 9 nitrogen and oxygen atoms in total. The van der Waals surface area contributed by atoms with Gasteiger partial charge < -0.3 is 14.2 Å². The predicted molar refractivity (Wildman–Crippen MR) is 130 cm³/mol. The van der Waals surface area contributed by atoms with Crippen LogP contribution in [-0.2, 0) is 9.53 Å². The van der Waals surface area contributed by atoms with E-state index in [0.29, 0.717) is 29.2 Å². The van der Waals surface area contributed by atoms with Gasteiger partial charge in [0.25, 0.3) is 11.8 Å². The van der Waals surface area contributed by atoms with E-state index in [1.807, 2.05) is 6.92 Å². The minimum Gasteiger partial charge on any atom is -0.496 e. The van der Waals surface area contributed by atoms with E-state index in [0.717, 1.165) is 9.99 Å². The Morgan fingerprint density at radius 1 is 1.03 bits per heavy atom. The van der Waals surface area contributed by atoms with Crippen molar-refractivity contribution in [3.63, 3.8) is 0 Å². The first-order valence-electron chi connectivity index (χ1n) is 9.47. The van der Waals surface area contributed by atoms with Crippen LogP contribution >= 0.6 is 34.8 Å². The van der Waals surface area contributed by atoms with E-state index >= 15 is 0 Å². The van der Waals surface area contributed by atoms with E-state index in [1.54, 1.807) is 49.6 Å². The molecule has 32 heavy (non-hydrogen) atoms. The van der Waals surface area contributed by atoms with Gasteiger partial charge in [0.2, 0.25) is 0 Å². The van der Waals surface area contributed by atoms with Crippen molar-refractivity contribution in [2.24, 2.45) is 0 Å². The molecule has 2 aromatic carbocycles. The zero-order valence-corrected chi connectivity index (χ0v) is 20.4. The van der Waals surface area contributed by atoms with E-state index in [1.165, 1.54) is 0 Å². The molecule has 0 radical (unpaired) electrons. The molecule has 0 saturated heterocycles. The first-order valence-corrected chi connectivity index (χ1v) is 11.0. The molecular weight excluding hydrogens is 549 g/mol. The number of nitrogens with one attached hydrogen (secondary N) is 3. The fourth-order valence-corrected chi connectivity index (χ4v) is 3.17. The van der Waals surface area contributed by atoms with Crippen molar-refractivity contribution < 1.29 is 28.6 Å². The van der Waals surface area contributed by atoms with Crippen LogP contribution in [0.4, 0.5) is 0 Å². The Labute approximate surface area is 204 Å². The van der Waals surface area contributed by atoms with Gasteiger partial charge in [-0.3, -0.25) is 25.8 Å². The number of hydrogen-bond acceptors (Lipinski definition) is 7. The number of thiocarbonyl (C=S) groups is 1. The third-order valence-corrected chi connectivity index (χ3v) is 4.90. The molecule has 2 amide bonds. The van der Waals surface area contributed by atoms with Gasteiger partial charge in [0, 0.05) is 5.56 Å². The van der Waals surface area contributed by atoms with Crippen LogP contribution in [-0.4, -0.2) is 43.2 Å².